The highest BCUT2D eigenvalue weighted by atomic mass is 16.5. The van der Waals surface area contributed by atoms with Crippen LogP contribution in [0.25, 0.3) is 0 Å². The first kappa shape index (κ1) is 13.8. The first-order valence-electron chi connectivity index (χ1n) is 6.35. The average molecular weight is 265 g/mol. The zero-order chi connectivity index (χ0) is 13.7. The molecule has 0 saturated heterocycles. The summed E-state index contributed by atoms with van der Waals surface area (Å²) >= 11 is 0. The van der Waals surface area contributed by atoms with E-state index in [4.69, 9.17) is 14.6 Å². The van der Waals surface area contributed by atoms with Crippen LogP contribution in [0.15, 0.2) is 24.3 Å². The molecule has 1 heterocycles. The van der Waals surface area contributed by atoms with Gasteiger partial charge in [0.05, 0.1) is 25.2 Å². The van der Waals surface area contributed by atoms with E-state index in [9.17, 15) is 4.79 Å². The summed E-state index contributed by atoms with van der Waals surface area (Å²) in [5, 5.41) is 11.9. The number of rotatable bonds is 5. The highest BCUT2D eigenvalue weighted by molar-refractivity contribution is 5.80. The van der Waals surface area contributed by atoms with E-state index in [1.54, 1.807) is 0 Å². The molecule has 5 heteroatoms. The molecule has 2 rings (SSSR count). The molecule has 1 amide bonds. The van der Waals surface area contributed by atoms with Gasteiger partial charge in [0.1, 0.15) is 12.4 Å². The van der Waals surface area contributed by atoms with Crippen LogP contribution in [-0.2, 0) is 16.0 Å². The minimum absolute atomic E-state index is 0.106. The quantitative estimate of drug-likeness (QED) is 0.806. The predicted octanol–water partition coefficient (Wildman–Crippen LogP) is 0.361. The van der Waals surface area contributed by atoms with Gasteiger partial charge in [-0.1, -0.05) is 18.2 Å². The number of hydrogen-bond donors (Lipinski definition) is 2. The molecule has 0 radical (unpaired) electrons. The third kappa shape index (κ3) is 3.45. The fourth-order valence-corrected chi connectivity index (χ4v) is 2.16. The van der Waals surface area contributed by atoms with Gasteiger partial charge in [-0.3, -0.25) is 4.79 Å². The van der Waals surface area contributed by atoms with Crippen LogP contribution in [0.5, 0.6) is 5.75 Å². The predicted molar refractivity (Wildman–Crippen MR) is 70.0 cm³/mol. The second-order valence-electron chi connectivity index (χ2n) is 4.66. The first-order chi connectivity index (χ1) is 9.24. The number of aliphatic hydroxyl groups excluding tert-OH is 1. The molecule has 104 valence electrons. The van der Waals surface area contributed by atoms with Gasteiger partial charge >= 0.3 is 0 Å². The number of nitrogens with one attached hydrogen (secondary N) is 1. The molecule has 0 spiro atoms. The van der Waals surface area contributed by atoms with Crippen LogP contribution in [0.2, 0.25) is 0 Å². The van der Waals surface area contributed by atoms with Crippen LogP contribution in [0, 0.1) is 5.92 Å². The standard InChI is InChI=1S/C14H19NO4/c1-18-9-12(7-16)15-14(17)11-6-10-4-2-3-5-13(10)19-8-11/h2-5,11-12,16H,6-9H2,1H3,(H,15,17). The molecular weight excluding hydrogens is 246 g/mol. The summed E-state index contributed by atoms with van der Waals surface area (Å²) in [6, 6.07) is 7.36. The van der Waals surface area contributed by atoms with Crippen molar-refractivity contribution in [1.82, 2.24) is 5.32 Å². The van der Waals surface area contributed by atoms with Crippen molar-refractivity contribution in [2.24, 2.45) is 5.92 Å². The Morgan fingerprint density at radius 3 is 3.11 bits per heavy atom. The van der Waals surface area contributed by atoms with E-state index in [0.717, 1.165) is 11.3 Å². The lowest BCUT2D eigenvalue weighted by atomic mass is 9.96. The number of ether oxygens (including phenoxy) is 2. The minimum Gasteiger partial charge on any atom is -0.492 e. The molecule has 2 unspecified atom stereocenters. The Kier molecular flexibility index (Phi) is 4.76. The number of fused-ring (bicyclic) bond motifs is 1. The van der Waals surface area contributed by atoms with Gasteiger partial charge < -0.3 is 19.9 Å². The van der Waals surface area contributed by atoms with Gasteiger partial charge in [0.2, 0.25) is 5.91 Å². The summed E-state index contributed by atoms with van der Waals surface area (Å²) in [7, 11) is 1.54. The molecule has 2 N–H and O–H groups in total. The van der Waals surface area contributed by atoms with E-state index in [2.05, 4.69) is 5.32 Å². The monoisotopic (exact) mass is 265 g/mol. The Labute approximate surface area is 112 Å². The van der Waals surface area contributed by atoms with Crippen LogP contribution in [-0.4, -0.2) is 44.0 Å². The Hall–Kier alpha value is -1.59. The van der Waals surface area contributed by atoms with Gasteiger partial charge in [-0.15, -0.1) is 0 Å². The number of carbonyl (C=O) groups is 1. The number of carbonyl (C=O) groups excluding carboxylic acids is 1. The third-order valence-corrected chi connectivity index (χ3v) is 3.18. The molecule has 1 aromatic rings. The molecule has 0 bridgehead atoms. The second-order valence-corrected chi connectivity index (χ2v) is 4.66. The van der Waals surface area contributed by atoms with Gasteiger partial charge in [0.15, 0.2) is 0 Å². The summed E-state index contributed by atoms with van der Waals surface area (Å²) in [6.45, 7) is 0.532. The number of benzene rings is 1. The number of aliphatic hydroxyl groups is 1. The third-order valence-electron chi connectivity index (χ3n) is 3.18. The Balaban J connectivity index is 1.95. The first-order valence-corrected chi connectivity index (χ1v) is 6.35. The maximum Gasteiger partial charge on any atom is 0.227 e. The van der Waals surface area contributed by atoms with E-state index in [1.807, 2.05) is 24.3 Å². The van der Waals surface area contributed by atoms with Crippen molar-refractivity contribution < 1.29 is 19.4 Å². The van der Waals surface area contributed by atoms with Crippen molar-refractivity contribution in [2.75, 3.05) is 26.9 Å². The Morgan fingerprint density at radius 2 is 2.37 bits per heavy atom. The summed E-state index contributed by atoms with van der Waals surface area (Å²) in [5.41, 5.74) is 1.04. The second kappa shape index (κ2) is 6.54. The van der Waals surface area contributed by atoms with Crippen molar-refractivity contribution in [3.63, 3.8) is 0 Å². The van der Waals surface area contributed by atoms with Crippen molar-refractivity contribution in [2.45, 2.75) is 12.5 Å². The zero-order valence-corrected chi connectivity index (χ0v) is 11.0. The van der Waals surface area contributed by atoms with Crippen LogP contribution in [0.4, 0.5) is 0 Å². The molecule has 1 aliphatic rings. The van der Waals surface area contributed by atoms with E-state index in [0.29, 0.717) is 19.6 Å². The van der Waals surface area contributed by atoms with E-state index >= 15 is 0 Å². The molecule has 2 atom stereocenters. The van der Waals surface area contributed by atoms with Crippen LogP contribution in [0.3, 0.4) is 0 Å². The van der Waals surface area contributed by atoms with Crippen molar-refractivity contribution in [3.05, 3.63) is 29.8 Å². The molecule has 0 fully saturated rings. The van der Waals surface area contributed by atoms with Gasteiger partial charge in [-0.2, -0.15) is 0 Å². The molecular formula is C14H19NO4. The van der Waals surface area contributed by atoms with Gasteiger partial charge in [-0.05, 0) is 18.1 Å². The summed E-state index contributed by atoms with van der Waals surface area (Å²) in [6.07, 6.45) is 0.660. The van der Waals surface area contributed by atoms with E-state index < -0.39 is 0 Å². The molecule has 5 nitrogen and oxygen atoms in total. The van der Waals surface area contributed by atoms with Gasteiger partial charge in [0, 0.05) is 7.11 Å². The zero-order valence-electron chi connectivity index (χ0n) is 11.0. The SMILES string of the molecule is COCC(CO)NC(=O)C1COc2ccccc2C1. The Morgan fingerprint density at radius 1 is 1.58 bits per heavy atom. The van der Waals surface area contributed by atoms with Crippen molar-refractivity contribution >= 4 is 5.91 Å². The number of amides is 1. The molecule has 0 aromatic heterocycles. The van der Waals surface area contributed by atoms with Crippen LogP contribution < -0.4 is 10.1 Å². The molecule has 0 aliphatic carbocycles. The topological polar surface area (TPSA) is 67.8 Å². The van der Waals surface area contributed by atoms with E-state index in [1.165, 1.54) is 7.11 Å². The number of para-hydroxylation sites is 1. The van der Waals surface area contributed by atoms with Gasteiger partial charge in [0.25, 0.3) is 0 Å². The molecule has 19 heavy (non-hydrogen) atoms. The minimum atomic E-state index is -0.366. The maximum atomic E-state index is 12.1. The van der Waals surface area contributed by atoms with E-state index in [-0.39, 0.29) is 24.5 Å². The van der Waals surface area contributed by atoms with Crippen molar-refractivity contribution in [1.29, 1.82) is 0 Å². The number of hydrogen-bond acceptors (Lipinski definition) is 4. The highest BCUT2D eigenvalue weighted by Crippen LogP contribution is 2.26. The van der Waals surface area contributed by atoms with Crippen molar-refractivity contribution in [3.8, 4) is 5.75 Å². The fourth-order valence-electron chi connectivity index (χ4n) is 2.16. The smallest absolute Gasteiger partial charge is 0.227 e. The largest absolute Gasteiger partial charge is 0.492 e. The normalized spacial score (nSPS) is 19.2. The summed E-state index contributed by atoms with van der Waals surface area (Å²) in [5.74, 6) is 0.522. The van der Waals surface area contributed by atoms with Crippen LogP contribution >= 0.6 is 0 Å². The Bertz CT molecular complexity index is 435. The average Bonchev–Trinajstić information content (AvgIpc) is 2.46. The van der Waals surface area contributed by atoms with Gasteiger partial charge in [-0.25, -0.2) is 0 Å². The lowest BCUT2D eigenvalue weighted by Crippen LogP contribution is -2.46. The highest BCUT2D eigenvalue weighted by Gasteiger charge is 2.27. The lowest BCUT2D eigenvalue weighted by molar-refractivity contribution is -0.127. The molecule has 1 aliphatic heterocycles. The van der Waals surface area contributed by atoms with Crippen LogP contribution in [0.1, 0.15) is 5.56 Å². The fraction of sp³-hybridized carbons (Fsp3) is 0.500. The number of methoxy groups -OCH3 is 1. The molecule has 1 aromatic carbocycles. The summed E-state index contributed by atoms with van der Waals surface area (Å²) < 4.78 is 10.5. The molecule has 0 saturated carbocycles. The lowest BCUT2D eigenvalue weighted by Gasteiger charge is -2.26. The maximum absolute atomic E-state index is 12.1. The summed E-state index contributed by atoms with van der Waals surface area (Å²) in [4.78, 5) is 12.1.